The van der Waals surface area contributed by atoms with Crippen LogP contribution in [0.25, 0.3) is 0 Å². The summed E-state index contributed by atoms with van der Waals surface area (Å²) < 4.78 is 19.3. The molecule has 1 N–H and O–H groups in total. The van der Waals surface area contributed by atoms with Crippen molar-refractivity contribution in [2.45, 2.75) is 32.2 Å². The number of carbonyl (C=O) groups is 1. The molecule has 0 saturated carbocycles. The topological polar surface area (TPSA) is 49.8 Å². The lowest BCUT2D eigenvalue weighted by atomic mass is 9.88. The predicted octanol–water partition coefficient (Wildman–Crippen LogP) is 2.73. The Bertz CT molecular complexity index is 539. The molecule has 1 fully saturated rings. The third kappa shape index (κ3) is 3.18. The second kappa shape index (κ2) is 5.64. The summed E-state index contributed by atoms with van der Waals surface area (Å²) in [6, 6.07) is 4.63. The average Bonchev–Trinajstić information content (AvgIpc) is 2.83. The van der Waals surface area contributed by atoms with Crippen molar-refractivity contribution in [1.29, 1.82) is 0 Å². The molecule has 0 aliphatic carbocycles. The number of benzene rings is 1. The van der Waals surface area contributed by atoms with Crippen molar-refractivity contribution < 1.29 is 19.0 Å². The van der Waals surface area contributed by atoms with Gasteiger partial charge in [-0.3, -0.25) is 9.69 Å². The molecule has 1 aromatic rings. The fourth-order valence-corrected chi connectivity index (χ4v) is 2.85. The van der Waals surface area contributed by atoms with E-state index in [0.717, 1.165) is 0 Å². The summed E-state index contributed by atoms with van der Waals surface area (Å²) >= 11 is 0. The molecule has 1 aliphatic rings. The molecule has 1 unspecified atom stereocenters. The van der Waals surface area contributed by atoms with Crippen molar-refractivity contribution in [3.05, 3.63) is 29.6 Å². The van der Waals surface area contributed by atoms with Crippen molar-refractivity contribution in [3.8, 4) is 5.75 Å². The fraction of sp³-hybridized carbons (Fsp3) is 0.562. The maximum Gasteiger partial charge on any atom is 0.308 e. The Hall–Kier alpha value is -1.62. The number of hydrogen-bond donors (Lipinski definition) is 1. The van der Waals surface area contributed by atoms with E-state index in [4.69, 9.17) is 4.74 Å². The zero-order valence-corrected chi connectivity index (χ0v) is 12.9. The number of methoxy groups -OCH3 is 1. The molecule has 0 spiro atoms. The molecule has 0 amide bonds. The van der Waals surface area contributed by atoms with Gasteiger partial charge in [0.25, 0.3) is 0 Å². The molecular weight excluding hydrogens is 273 g/mol. The molecule has 0 bridgehead atoms. The number of nitrogens with zero attached hydrogens (tertiary/aromatic N) is 1. The van der Waals surface area contributed by atoms with E-state index in [1.807, 2.05) is 20.8 Å². The van der Waals surface area contributed by atoms with Gasteiger partial charge in [-0.15, -0.1) is 0 Å². The van der Waals surface area contributed by atoms with E-state index in [1.54, 1.807) is 12.1 Å². The molecule has 1 aliphatic heterocycles. The largest absolute Gasteiger partial charge is 0.497 e. The van der Waals surface area contributed by atoms with Crippen LogP contribution < -0.4 is 4.74 Å². The van der Waals surface area contributed by atoms with Gasteiger partial charge >= 0.3 is 5.97 Å². The van der Waals surface area contributed by atoms with Gasteiger partial charge in [0.2, 0.25) is 0 Å². The highest BCUT2D eigenvalue weighted by Crippen LogP contribution is 2.38. The molecule has 0 aromatic heterocycles. The number of halogens is 1. The summed E-state index contributed by atoms with van der Waals surface area (Å²) in [4.78, 5) is 13.6. The molecule has 2 rings (SSSR count). The van der Waals surface area contributed by atoms with Crippen molar-refractivity contribution >= 4 is 5.97 Å². The van der Waals surface area contributed by atoms with Gasteiger partial charge in [0.1, 0.15) is 11.6 Å². The Balaban J connectivity index is 2.34. The number of aliphatic carboxylic acids is 1. The van der Waals surface area contributed by atoms with Crippen LogP contribution in [0, 0.1) is 11.7 Å². The summed E-state index contributed by atoms with van der Waals surface area (Å²) in [7, 11) is 1.48. The van der Waals surface area contributed by atoms with E-state index in [2.05, 4.69) is 4.90 Å². The van der Waals surface area contributed by atoms with Crippen LogP contribution in [0.4, 0.5) is 4.39 Å². The van der Waals surface area contributed by atoms with Gasteiger partial charge in [-0.25, -0.2) is 4.39 Å². The van der Waals surface area contributed by atoms with Crippen molar-refractivity contribution in [2.75, 3.05) is 20.2 Å². The molecule has 116 valence electrons. The zero-order valence-electron chi connectivity index (χ0n) is 12.9. The number of ether oxygens (including phenoxy) is 1. The average molecular weight is 295 g/mol. The fourth-order valence-electron chi connectivity index (χ4n) is 2.85. The van der Waals surface area contributed by atoms with Crippen LogP contribution in [0.15, 0.2) is 18.2 Å². The molecular formula is C16H22FNO3. The molecule has 1 heterocycles. The molecule has 5 heteroatoms. The van der Waals surface area contributed by atoms with Crippen LogP contribution in [-0.4, -0.2) is 41.7 Å². The standard InChI is InChI=1S/C16H22FNO3/c1-16(2,3)18-8-12(13(9-18)15(19)20)11-6-5-10(21-4)7-14(11)17/h5-7,12-13H,8-9H2,1-4H3,(H,19,20)/t12-,13?/m0/s1. The monoisotopic (exact) mass is 295 g/mol. The van der Waals surface area contributed by atoms with Gasteiger partial charge in [0, 0.05) is 30.6 Å². The summed E-state index contributed by atoms with van der Waals surface area (Å²) in [6.07, 6.45) is 0. The summed E-state index contributed by atoms with van der Waals surface area (Å²) in [5.74, 6) is -1.77. The quantitative estimate of drug-likeness (QED) is 0.931. The smallest absolute Gasteiger partial charge is 0.308 e. The van der Waals surface area contributed by atoms with Crippen LogP contribution in [0.3, 0.4) is 0 Å². The SMILES string of the molecule is COc1ccc([C@@H]2CN(C(C)(C)C)CC2C(=O)O)c(F)c1. The van der Waals surface area contributed by atoms with E-state index in [0.29, 0.717) is 24.4 Å². The lowest BCUT2D eigenvalue weighted by Crippen LogP contribution is -2.40. The normalized spacial score (nSPS) is 23.3. The summed E-state index contributed by atoms with van der Waals surface area (Å²) in [6.45, 7) is 7.11. The molecule has 21 heavy (non-hydrogen) atoms. The van der Waals surface area contributed by atoms with Gasteiger partial charge in [0.05, 0.1) is 13.0 Å². The van der Waals surface area contributed by atoms with E-state index in [9.17, 15) is 14.3 Å². The van der Waals surface area contributed by atoms with E-state index >= 15 is 0 Å². The van der Waals surface area contributed by atoms with Crippen LogP contribution in [0.1, 0.15) is 32.3 Å². The highest BCUT2D eigenvalue weighted by atomic mass is 19.1. The number of hydrogen-bond acceptors (Lipinski definition) is 3. The minimum atomic E-state index is -0.873. The first kappa shape index (κ1) is 15.8. The first-order valence-corrected chi connectivity index (χ1v) is 7.05. The lowest BCUT2D eigenvalue weighted by Gasteiger charge is -2.31. The van der Waals surface area contributed by atoms with Gasteiger partial charge in [-0.1, -0.05) is 6.07 Å². The molecule has 4 nitrogen and oxygen atoms in total. The third-order valence-corrected chi connectivity index (χ3v) is 4.19. The Morgan fingerprint density at radius 3 is 2.52 bits per heavy atom. The number of rotatable bonds is 3. The number of carboxylic acids is 1. The molecule has 2 atom stereocenters. The minimum absolute atomic E-state index is 0.134. The van der Waals surface area contributed by atoms with Gasteiger partial charge in [-0.05, 0) is 32.4 Å². The third-order valence-electron chi connectivity index (χ3n) is 4.19. The first-order valence-electron chi connectivity index (χ1n) is 7.05. The Kier molecular flexibility index (Phi) is 4.23. The second-order valence-corrected chi connectivity index (χ2v) is 6.51. The second-order valence-electron chi connectivity index (χ2n) is 6.51. The van der Waals surface area contributed by atoms with E-state index < -0.39 is 17.7 Å². The number of carboxylic acid groups (broad SMARTS) is 1. The summed E-state index contributed by atoms with van der Waals surface area (Å²) in [5.41, 5.74) is 0.320. The van der Waals surface area contributed by atoms with Crippen LogP contribution >= 0.6 is 0 Å². The van der Waals surface area contributed by atoms with E-state index in [-0.39, 0.29) is 11.5 Å². The van der Waals surface area contributed by atoms with Crippen LogP contribution in [0.2, 0.25) is 0 Å². The Labute approximate surface area is 124 Å². The van der Waals surface area contributed by atoms with E-state index in [1.165, 1.54) is 13.2 Å². The number of likely N-dealkylation sites (tertiary alicyclic amines) is 1. The van der Waals surface area contributed by atoms with Crippen molar-refractivity contribution in [2.24, 2.45) is 5.92 Å². The first-order chi connectivity index (χ1) is 9.74. The lowest BCUT2D eigenvalue weighted by molar-refractivity contribution is -0.141. The zero-order chi connectivity index (χ0) is 15.8. The van der Waals surface area contributed by atoms with Gasteiger partial charge < -0.3 is 9.84 Å². The van der Waals surface area contributed by atoms with Crippen molar-refractivity contribution in [1.82, 2.24) is 4.90 Å². The Morgan fingerprint density at radius 1 is 1.38 bits per heavy atom. The summed E-state index contributed by atoms with van der Waals surface area (Å²) in [5, 5.41) is 9.45. The minimum Gasteiger partial charge on any atom is -0.497 e. The highest BCUT2D eigenvalue weighted by molar-refractivity contribution is 5.72. The molecule has 1 saturated heterocycles. The molecule has 0 radical (unpaired) electrons. The highest BCUT2D eigenvalue weighted by Gasteiger charge is 2.42. The van der Waals surface area contributed by atoms with Crippen LogP contribution in [-0.2, 0) is 4.79 Å². The maximum atomic E-state index is 14.3. The van der Waals surface area contributed by atoms with Crippen molar-refractivity contribution in [3.63, 3.8) is 0 Å². The van der Waals surface area contributed by atoms with Gasteiger partial charge in [0.15, 0.2) is 0 Å². The Morgan fingerprint density at radius 2 is 2.05 bits per heavy atom. The maximum absolute atomic E-state index is 14.3. The predicted molar refractivity (Wildman–Crippen MR) is 78.1 cm³/mol. The van der Waals surface area contributed by atoms with Gasteiger partial charge in [-0.2, -0.15) is 0 Å². The molecule has 1 aromatic carbocycles. The van der Waals surface area contributed by atoms with Crippen LogP contribution in [0.5, 0.6) is 5.75 Å².